The molecule has 0 aromatic carbocycles. The molecule has 0 spiro atoms. The highest BCUT2D eigenvalue weighted by Crippen LogP contribution is 2.38. The second-order valence-electron chi connectivity index (χ2n) is 13.5. The highest BCUT2D eigenvalue weighted by Gasteiger charge is 2.21. The van der Waals surface area contributed by atoms with Gasteiger partial charge in [0.2, 0.25) is 0 Å². The van der Waals surface area contributed by atoms with E-state index in [1.807, 2.05) is 0 Å². The Labute approximate surface area is 295 Å². The van der Waals surface area contributed by atoms with Gasteiger partial charge in [0.05, 0.1) is 13.2 Å². The van der Waals surface area contributed by atoms with Crippen molar-refractivity contribution in [2.75, 3.05) is 26.4 Å². The molecular formula is C38H75NO8P-. The molecule has 0 aromatic heterocycles. The third kappa shape index (κ3) is 34.9. The van der Waals surface area contributed by atoms with E-state index in [0.717, 1.165) is 32.1 Å². The zero-order chi connectivity index (χ0) is 35.4. The molecule has 286 valence electrons. The third-order valence-corrected chi connectivity index (χ3v) is 9.68. The number of ether oxygens (including phenoxy) is 2. The molecule has 0 rings (SSSR count). The van der Waals surface area contributed by atoms with Gasteiger partial charge in [0, 0.05) is 12.8 Å². The first kappa shape index (κ1) is 47.0. The van der Waals surface area contributed by atoms with E-state index in [0.29, 0.717) is 25.8 Å². The molecule has 10 heteroatoms. The first-order valence-electron chi connectivity index (χ1n) is 20.0. The second-order valence-corrected chi connectivity index (χ2v) is 14.9. The highest BCUT2D eigenvalue weighted by molar-refractivity contribution is 7.45. The molecule has 0 fully saturated rings. The molecular weight excluding hydrogens is 629 g/mol. The third-order valence-electron chi connectivity index (χ3n) is 8.71. The first-order valence-corrected chi connectivity index (χ1v) is 21.5. The Bertz CT molecular complexity index is 769. The van der Waals surface area contributed by atoms with Crippen molar-refractivity contribution in [2.45, 2.75) is 206 Å². The summed E-state index contributed by atoms with van der Waals surface area (Å²) in [6.45, 7) is 4.17. The standard InChI is InChI=1S/C38H76NO8P/c1-3-5-7-9-11-13-15-17-19-21-23-25-27-31-38(41)47-36(35-46-48(42,43)45-33-29-28-32-39)34-44-37(40)30-26-24-22-20-18-16-14-12-10-8-6-4-2/h36H,3-35,39H2,1-2H3,(H,42,43)/p-1/t36-/m0/s1. The molecule has 0 bridgehead atoms. The lowest BCUT2D eigenvalue weighted by Gasteiger charge is -2.25. The normalized spacial score (nSPS) is 13.3. The van der Waals surface area contributed by atoms with Gasteiger partial charge in [-0.25, -0.2) is 0 Å². The van der Waals surface area contributed by atoms with Crippen LogP contribution in [0.15, 0.2) is 0 Å². The molecule has 0 saturated heterocycles. The van der Waals surface area contributed by atoms with Crippen LogP contribution >= 0.6 is 7.82 Å². The zero-order valence-electron chi connectivity index (χ0n) is 31.2. The van der Waals surface area contributed by atoms with Crippen molar-refractivity contribution < 1.29 is 37.6 Å². The molecule has 0 aliphatic heterocycles. The van der Waals surface area contributed by atoms with E-state index in [2.05, 4.69) is 13.8 Å². The van der Waals surface area contributed by atoms with Crippen LogP contribution in [-0.4, -0.2) is 44.4 Å². The molecule has 0 heterocycles. The smallest absolute Gasteiger partial charge is 0.306 e. The minimum atomic E-state index is -4.59. The summed E-state index contributed by atoms with van der Waals surface area (Å²) in [5.41, 5.74) is 5.44. The highest BCUT2D eigenvalue weighted by atomic mass is 31.2. The van der Waals surface area contributed by atoms with Crippen LogP contribution in [0.5, 0.6) is 0 Å². The van der Waals surface area contributed by atoms with Crippen LogP contribution < -0.4 is 10.6 Å². The van der Waals surface area contributed by atoms with Crippen LogP contribution in [0, 0.1) is 0 Å². The van der Waals surface area contributed by atoms with E-state index < -0.39 is 26.5 Å². The fourth-order valence-electron chi connectivity index (χ4n) is 5.65. The van der Waals surface area contributed by atoms with Crippen LogP contribution in [-0.2, 0) is 32.7 Å². The van der Waals surface area contributed by atoms with Gasteiger partial charge in [0.15, 0.2) is 6.10 Å². The largest absolute Gasteiger partial charge is 0.756 e. The second kappa shape index (κ2) is 35.8. The monoisotopic (exact) mass is 705 g/mol. The maximum atomic E-state index is 12.6. The molecule has 1 unspecified atom stereocenters. The fraction of sp³-hybridized carbons (Fsp3) is 0.947. The van der Waals surface area contributed by atoms with Gasteiger partial charge in [-0.3, -0.25) is 14.2 Å². The molecule has 2 atom stereocenters. The van der Waals surface area contributed by atoms with E-state index in [9.17, 15) is 19.0 Å². The van der Waals surface area contributed by atoms with Crippen LogP contribution in [0.25, 0.3) is 0 Å². The zero-order valence-corrected chi connectivity index (χ0v) is 32.1. The summed E-state index contributed by atoms with van der Waals surface area (Å²) in [6, 6.07) is 0. The molecule has 48 heavy (non-hydrogen) atoms. The van der Waals surface area contributed by atoms with Gasteiger partial charge in [-0.05, 0) is 32.2 Å². The Balaban J connectivity index is 4.30. The maximum Gasteiger partial charge on any atom is 0.306 e. The van der Waals surface area contributed by atoms with Crippen LogP contribution in [0.2, 0.25) is 0 Å². The summed E-state index contributed by atoms with van der Waals surface area (Å²) in [4.78, 5) is 37.1. The predicted molar refractivity (Wildman–Crippen MR) is 195 cm³/mol. The van der Waals surface area contributed by atoms with Gasteiger partial charge in [-0.15, -0.1) is 0 Å². The van der Waals surface area contributed by atoms with Gasteiger partial charge in [0.1, 0.15) is 6.61 Å². The Kier molecular flexibility index (Phi) is 35.1. The maximum absolute atomic E-state index is 12.6. The summed E-state index contributed by atoms with van der Waals surface area (Å²) < 4.78 is 32.9. The minimum Gasteiger partial charge on any atom is -0.756 e. The van der Waals surface area contributed by atoms with Crippen molar-refractivity contribution in [2.24, 2.45) is 5.73 Å². The SMILES string of the molecule is CCCCCCCCCCCCCCCC(=O)O[C@@H](COC(=O)CCCCCCCCCCCCCC)COP(=O)([O-])OCCCCN. The number of phosphoric ester groups is 1. The first-order chi connectivity index (χ1) is 23.3. The number of hydrogen-bond acceptors (Lipinski definition) is 9. The average Bonchev–Trinajstić information content (AvgIpc) is 3.07. The summed E-state index contributed by atoms with van der Waals surface area (Å²) in [7, 11) is -4.59. The van der Waals surface area contributed by atoms with E-state index in [1.54, 1.807) is 0 Å². The predicted octanol–water partition coefficient (Wildman–Crippen LogP) is 10.3. The van der Waals surface area contributed by atoms with E-state index in [-0.39, 0.29) is 32.0 Å². The van der Waals surface area contributed by atoms with Gasteiger partial charge >= 0.3 is 11.9 Å². The summed E-state index contributed by atoms with van der Waals surface area (Å²) in [5.74, 6) is -0.837. The van der Waals surface area contributed by atoms with E-state index in [1.165, 1.54) is 122 Å². The molecule has 0 aliphatic carbocycles. The molecule has 9 nitrogen and oxygen atoms in total. The number of carbonyl (C=O) groups excluding carboxylic acids is 2. The Morgan fingerprint density at radius 1 is 0.542 bits per heavy atom. The molecule has 0 radical (unpaired) electrons. The minimum absolute atomic E-state index is 0.0322. The Morgan fingerprint density at radius 3 is 1.35 bits per heavy atom. The van der Waals surface area contributed by atoms with Gasteiger partial charge in [-0.1, -0.05) is 162 Å². The van der Waals surface area contributed by atoms with E-state index in [4.69, 9.17) is 24.3 Å². The van der Waals surface area contributed by atoms with Crippen molar-refractivity contribution >= 4 is 19.8 Å². The number of hydrogen-bond donors (Lipinski definition) is 1. The Morgan fingerprint density at radius 2 is 0.938 bits per heavy atom. The lowest BCUT2D eigenvalue weighted by Crippen LogP contribution is -2.30. The van der Waals surface area contributed by atoms with Crippen molar-refractivity contribution in [1.82, 2.24) is 0 Å². The average molecular weight is 705 g/mol. The fourth-order valence-corrected chi connectivity index (χ4v) is 6.43. The lowest BCUT2D eigenvalue weighted by atomic mass is 10.0. The molecule has 0 aliphatic rings. The van der Waals surface area contributed by atoms with Crippen molar-refractivity contribution in [3.63, 3.8) is 0 Å². The van der Waals surface area contributed by atoms with Crippen molar-refractivity contribution in [3.8, 4) is 0 Å². The van der Waals surface area contributed by atoms with Crippen LogP contribution in [0.4, 0.5) is 0 Å². The van der Waals surface area contributed by atoms with Gasteiger partial charge < -0.3 is 29.1 Å². The number of carbonyl (C=O) groups is 2. The topological polar surface area (TPSA) is 137 Å². The van der Waals surface area contributed by atoms with Crippen molar-refractivity contribution in [1.29, 1.82) is 0 Å². The van der Waals surface area contributed by atoms with E-state index >= 15 is 0 Å². The van der Waals surface area contributed by atoms with Crippen molar-refractivity contribution in [3.05, 3.63) is 0 Å². The summed E-state index contributed by atoms with van der Waals surface area (Å²) in [6.07, 6.45) is 30.8. The number of unbranched alkanes of at least 4 members (excludes halogenated alkanes) is 24. The number of nitrogens with two attached hydrogens (primary N) is 1. The number of phosphoric acid groups is 1. The quantitative estimate of drug-likeness (QED) is 0.0378. The summed E-state index contributed by atoms with van der Waals surface area (Å²) >= 11 is 0. The molecule has 0 saturated carbocycles. The summed E-state index contributed by atoms with van der Waals surface area (Å²) in [5, 5.41) is 0. The van der Waals surface area contributed by atoms with Crippen LogP contribution in [0.1, 0.15) is 200 Å². The number of rotatable bonds is 38. The number of esters is 2. The lowest BCUT2D eigenvalue weighted by molar-refractivity contribution is -0.228. The molecule has 0 amide bonds. The molecule has 0 aromatic rings. The van der Waals surface area contributed by atoms with Crippen LogP contribution in [0.3, 0.4) is 0 Å². The van der Waals surface area contributed by atoms with Gasteiger partial charge in [-0.2, -0.15) is 0 Å². The Hall–Kier alpha value is -0.990. The van der Waals surface area contributed by atoms with Gasteiger partial charge in [0.25, 0.3) is 7.82 Å². The molecule has 2 N–H and O–H groups in total.